The molecule has 6 heteroatoms. The molecule has 0 aromatic heterocycles. The van der Waals surface area contributed by atoms with Gasteiger partial charge in [-0.25, -0.2) is 4.79 Å². The molecular formula is C19H30N4O2. The molecule has 3 amide bonds. The Labute approximate surface area is 150 Å². The highest BCUT2D eigenvalue weighted by Gasteiger charge is 2.29. The highest BCUT2D eigenvalue weighted by molar-refractivity contribution is 5.88. The summed E-state index contributed by atoms with van der Waals surface area (Å²) in [5.74, 6) is -0.0913. The van der Waals surface area contributed by atoms with Gasteiger partial charge in [-0.05, 0) is 38.0 Å². The fraction of sp³-hybridized carbons (Fsp3) is 0.579. The number of nitrogens with zero attached hydrogens (tertiary/aromatic N) is 2. The predicted octanol–water partition coefficient (Wildman–Crippen LogP) is 2.66. The summed E-state index contributed by atoms with van der Waals surface area (Å²) in [7, 11) is 0. The summed E-state index contributed by atoms with van der Waals surface area (Å²) < 4.78 is 0. The van der Waals surface area contributed by atoms with E-state index in [2.05, 4.69) is 36.3 Å². The molecule has 25 heavy (non-hydrogen) atoms. The maximum atomic E-state index is 12.3. The van der Waals surface area contributed by atoms with Crippen LogP contribution in [0.1, 0.15) is 39.7 Å². The molecule has 0 bridgehead atoms. The van der Waals surface area contributed by atoms with Crippen molar-refractivity contribution in [1.82, 2.24) is 15.1 Å². The lowest BCUT2D eigenvalue weighted by atomic mass is 9.98. The minimum absolute atomic E-state index is 0.0140. The lowest BCUT2D eigenvalue weighted by Crippen LogP contribution is -2.57. The number of carbonyl (C=O) groups is 2. The number of piperazine rings is 1. The number of urea groups is 1. The maximum absolute atomic E-state index is 12.3. The van der Waals surface area contributed by atoms with Gasteiger partial charge in [-0.2, -0.15) is 0 Å². The second-order valence-electron chi connectivity index (χ2n) is 7.18. The number of carbonyl (C=O) groups excluding carboxylic acids is 2. The highest BCUT2D eigenvalue weighted by Crippen LogP contribution is 2.20. The first-order chi connectivity index (χ1) is 11.8. The van der Waals surface area contributed by atoms with E-state index in [1.165, 1.54) is 6.92 Å². The van der Waals surface area contributed by atoms with Crippen molar-refractivity contribution in [2.75, 3.05) is 31.5 Å². The van der Waals surface area contributed by atoms with Crippen LogP contribution in [-0.4, -0.2) is 53.5 Å². The van der Waals surface area contributed by atoms with Crippen LogP contribution in [0.15, 0.2) is 24.3 Å². The molecule has 1 heterocycles. The van der Waals surface area contributed by atoms with Crippen molar-refractivity contribution >= 4 is 17.6 Å². The van der Waals surface area contributed by atoms with Gasteiger partial charge in [0.15, 0.2) is 0 Å². The Kier molecular flexibility index (Phi) is 6.42. The van der Waals surface area contributed by atoms with Crippen LogP contribution in [0.2, 0.25) is 0 Å². The number of amides is 3. The second kappa shape index (κ2) is 8.34. The van der Waals surface area contributed by atoms with Gasteiger partial charge < -0.3 is 15.5 Å². The molecule has 1 aromatic carbocycles. The van der Waals surface area contributed by atoms with Gasteiger partial charge in [0.1, 0.15) is 0 Å². The first kappa shape index (κ1) is 19.2. The van der Waals surface area contributed by atoms with E-state index < -0.39 is 0 Å². The molecule has 1 fully saturated rings. The average molecular weight is 346 g/mol. The van der Waals surface area contributed by atoms with E-state index in [9.17, 15) is 9.59 Å². The van der Waals surface area contributed by atoms with Crippen LogP contribution in [0.3, 0.4) is 0 Å². The van der Waals surface area contributed by atoms with Gasteiger partial charge in [0.25, 0.3) is 0 Å². The van der Waals surface area contributed by atoms with Crippen molar-refractivity contribution < 1.29 is 9.59 Å². The fourth-order valence-corrected chi connectivity index (χ4v) is 2.94. The molecule has 0 aliphatic carbocycles. The van der Waals surface area contributed by atoms with Crippen molar-refractivity contribution in [3.63, 3.8) is 0 Å². The maximum Gasteiger partial charge on any atom is 0.317 e. The zero-order chi connectivity index (χ0) is 18.4. The number of hydrogen-bond donors (Lipinski definition) is 2. The standard InChI is InChI=1S/C19H30N4O2/c1-5-19(3,4)23-12-10-22(11-13-23)18(25)20-14-16-6-8-17(9-7-16)21-15(2)24/h6-9H,5,10-14H2,1-4H3,(H,20,25)(H,21,24). The molecule has 1 aromatic rings. The first-order valence-corrected chi connectivity index (χ1v) is 8.96. The van der Waals surface area contributed by atoms with Crippen molar-refractivity contribution in [3.05, 3.63) is 29.8 Å². The van der Waals surface area contributed by atoms with Gasteiger partial charge in [0, 0.05) is 50.9 Å². The largest absolute Gasteiger partial charge is 0.334 e. The van der Waals surface area contributed by atoms with E-state index >= 15 is 0 Å². The minimum Gasteiger partial charge on any atom is -0.334 e. The molecule has 1 aliphatic rings. The van der Waals surface area contributed by atoms with Crippen molar-refractivity contribution in [1.29, 1.82) is 0 Å². The van der Waals surface area contributed by atoms with Crippen molar-refractivity contribution in [3.8, 4) is 0 Å². The SMILES string of the molecule is CCC(C)(C)N1CCN(C(=O)NCc2ccc(NC(C)=O)cc2)CC1. The van der Waals surface area contributed by atoms with Crippen molar-refractivity contribution in [2.45, 2.75) is 46.2 Å². The number of benzene rings is 1. The van der Waals surface area contributed by atoms with Crippen molar-refractivity contribution in [2.24, 2.45) is 0 Å². The summed E-state index contributed by atoms with van der Waals surface area (Å²) in [4.78, 5) is 27.7. The van der Waals surface area contributed by atoms with Gasteiger partial charge in [-0.3, -0.25) is 9.69 Å². The lowest BCUT2D eigenvalue weighted by molar-refractivity contribution is -0.114. The van der Waals surface area contributed by atoms with E-state index in [1.54, 1.807) is 0 Å². The third kappa shape index (κ3) is 5.46. The van der Waals surface area contributed by atoms with Crippen LogP contribution in [-0.2, 0) is 11.3 Å². The molecule has 1 saturated heterocycles. The molecule has 6 nitrogen and oxygen atoms in total. The molecule has 0 saturated carbocycles. The normalized spacial score (nSPS) is 15.8. The number of hydrogen-bond acceptors (Lipinski definition) is 3. The summed E-state index contributed by atoms with van der Waals surface area (Å²) in [6.45, 7) is 12.0. The average Bonchev–Trinajstić information content (AvgIpc) is 2.60. The second-order valence-corrected chi connectivity index (χ2v) is 7.18. The van der Waals surface area contributed by atoms with E-state index in [0.29, 0.717) is 6.54 Å². The zero-order valence-electron chi connectivity index (χ0n) is 15.8. The molecule has 2 rings (SSSR count). The summed E-state index contributed by atoms with van der Waals surface area (Å²) in [5, 5.41) is 5.71. The van der Waals surface area contributed by atoms with E-state index in [0.717, 1.165) is 43.9 Å². The summed E-state index contributed by atoms with van der Waals surface area (Å²) in [6.07, 6.45) is 1.10. The highest BCUT2D eigenvalue weighted by atomic mass is 16.2. The quantitative estimate of drug-likeness (QED) is 0.861. The Balaban J connectivity index is 1.78. The topological polar surface area (TPSA) is 64.7 Å². The van der Waals surface area contributed by atoms with Gasteiger partial charge >= 0.3 is 6.03 Å². The summed E-state index contributed by atoms with van der Waals surface area (Å²) >= 11 is 0. The number of rotatable bonds is 5. The van der Waals surface area contributed by atoms with Gasteiger partial charge in [0.05, 0.1) is 0 Å². The van der Waals surface area contributed by atoms with Crippen LogP contribution >= 0.6 is 0 Å². The molecule has 0 unspecified atom stereocenters. The summed E-state index contributed by atoms with van der Waals surface area (Å²) in [5.41, 5.74) is 1.96. The molecule has 0 spiro atoms. The van der Waals surface area contributed by atoms with Gasteiger partial charge in [-0.15, -0.1) is 0 Å². The van der Waals surface area contributed by atoms with Gasteiger partial charge in [0.2, 0.25) is 5.91 Å². The van der Waals surface area contributed by atoms with Crippen LogP contribution < -0.4 is 10.6 Å². The van der Waals surface area contributed by atoms with Crippen LogP contribution in [0, 0.1) is 0 Å². The lowest BCUT2D eigenvalue weighted by Gasteiger charge is -2.43. The third-order valence-electron chi connectivity index (χ3n) is 5.01. The summed E-state index contributed by atoms with van der Waals surface area (Å²) in [6, 6.07) is 7.49. The number of anilines is 1. The van der Waals surface area contributed by atoms with E-state index in [-0.39, 0.29) is 17.5 Å². The molecular weight excluding hydrogens is 316 g/mol. The fourth-order valence-electron chi connectivity index (χ4n) is 2.94. The Morgan fingerprint density at radius 2 is 1.68 bits per heavy atom. The van der Waals surface area contributed by atoms with Gasteiger partial charge in [-0.1, -0.05) is 19.1 Å². The zero-order valence-corrected chi connectivity index (χ0v) is 15.8. The predicted molar refractivity (Wildman–Crippen MR) is 100 cm³/mol. The molecule has 138 valence electrons. The first-order valence-electron chi connectivity index (χ1n) is 8.96. The van der Waals surface area contributed by atoms with Crippen LogP contribution in [0.4, 0.5) is 10.5 Å². The number of nitrogens with one attached hydrogen (secondary N) is 2. The molecule has 0 radical (unpaired) electrons. The van der Waals surface area contributed by atoms with E-state index in [1.807, 2.05) is 29.2 Å². The molecule has 1 aliphatic heterocycles. The Hall–Kier alpha value is -2.08. The molecule has 2 N–H and O–H groups in total. The minimum atomic E-state index is -0.0913. The monoisotopic (exact) mass is 346 g/mol. The Morgan fingerprint density at radius 3 is 2.20 bits per heavy atom. The smallest absolute Gasteiger partial charge is 0.317 e. The van der Waals surface area contributed by atoms with Crippen LogP contribution in [0.5, 0.6) is 0 Å². The third-order valence-corrected chi connectivity index (χ3v) is 5.01. The Morgan fingerprint density at radius 1 is 1.08 bits per heavy atom. The molecule has 0 atom stereocenters. The van der Waals surface area contributed by atoms with E-state index in [4.69, 9.17) is 0 Å². The Bertz CT molecular complexity index is 590. The van der Waals surface area contributed by atoms with Crippen LogP contribution in [0.25, 0.3) is 0 Å².